The molecular formula is C57H58N3O10S2+. The van der Waals surface area contributed by atoms with Crippen LogP contribution in [-0.2, 0) is 49.4 Å². The first-order valence-corrected chi connectivity index (χ1v) is 26.1. The molecule has 1 unspecified atom stereocenters. The summed E-state index contributed by atoms with van der Waals surface area (Å²) in [4.78, 5) is 29.3. The monoisotopic (exact) mass is 1010 g/mol. The zero-order valence-electron chi connectivity index (χ0n) is 41.1. The van der Waals surface area contributed by atoms with Crippen molar-refractivity contribution in [2.75, 3.05) is 36.1 Å². The lowest BCUT2D eigenvalue weighted by atomic mass is 9.77. The number of allylic oxidation sites excluding steroid dienone is 5. The fourth-order valence-corrected chi connectivity index (χ4v) is 12.1. The lowest BCUT2D eigenvalue weighted by molar-refractivity contribution is -0.432. The highest BCUT2D eigenvalue weighted by Gasteiger charge is 2.46. The molecule has 3 aliphatic rings. The SMILES string of the molecule is CC(=O)OCCN1C(=CC=C2CCC(=CCC3N(CCOC(C)=O)c4ccc5cc(S(=O)(=O)O)ccc5c4C3(C)C)C2=[N+](c2ccccc2)c2ccccc2)C(C)(C)c2c1ccc1cc(SOOO)ccc21. The topological polar surface area (TPSA) is 155 Å². The molecule has 1 saturated carbocycles. The molecule has 15 heteroatoms. The van der Waals surface area contributed by atoms with E-state index in [9.17, 15) is 22.6 Å². The Morgan fingerprint density at radius 3 is 1.97 bits per heavy atom. The molecule has 13 nitrogen and oxygen atoms in total. The van der Waals surface area contributed by atoms with Crippen molar-refractivity contribution in [2.45, 2.75) is 87.5 Å². The smallest absolute Gasteiger partial charge is 0.302 e. The van der Waals surface area contributed by atoms with Crippen LogP contribution in [0.3, 0.4) is 0 Å². The van der Waals surface area contributed by atoms with Crippen LogP contribution in [0.4, 0.5) is 22.7 Å². The number of hydrogen-bond donors (Lipinski definition) is 2. The van der Waals surface area contributed by atoms with Crippen LogP contribution < -0.4 is 14.4 Å². The number of anilines is 2. The molecule has 372 valence electrons. The lowest BCUT2D eigenvalue weighted by Crippen LogP contribution is -2.43. The molecule has 1 fully saturated rings. The molecule has 2 heterocycles. The zero-order valence-corrected chi connectivity index (χ0v) is 42.8. The van der Waals surface area contributed by atoms with Gasteiger partial charge in [0, 0.05) is 88.1 Å². The van der Waals surface area contributed by atoms with Crippen LogP contribution in [0.2, 0.25) is 0 Å². The molecule has 6 aromatic carbocycles. The Morgan fingerprint density at radius 1 is 0.736 bits per heavy atom. The zero-order chi connectivity index (χ0) is 51.0. The number of benzene rings is 6. The highest BCUT2D eigenvalue weighted by atomic mass is 32.2. The highest BCUT2D eigenvalue weighted by molar-refractivity contribution is 7.94. The van der Waals surface area contributed by atoms with Gasteiger partial charge in [-0.1, -0.05) is 106 Å². The molecular weight excluding hydrogens is 951 g/mol. The fourth-order valence-electron chi connectivity index (χ4n) is 11.1. The van der Waals surface area contributed by atoms with Crippen molar-refractivity contribution in [1.29, 1.82) is 0 Å². The van der Waals surface area contributed by atoms with E-state index in [4.69, 9.17) is 19.1 Å². The van der Waals surface area contributed by atoms with Gasteiger partial charge in [-0.15, -0.1) is 4.33 Å². The Kier molecular flexibility index (Phi) is 14.3. The van der Waals surface area contributed by atoms with Crippen LogP contribution in [0.15, 0.2) is 166 Å². The van der Waals surface area contributed by atoms with Gasteiger partial charge in [0.05, 0.1) is 30.0 Å². The van der Waals surface area contributed by atoms with Gasteiger partial charge in [0.1, 0.15) is 13.2 Å². The number of esters is 2. The third-order valence-electron chi connectivity index (χ3n) is 14.2. The molecule has 0 radical (unpaired) electrons. The van der Waals surface area contributed by atoms with E-state index in [1.165, 1.54) is 31.6 Å². The number of ether oxygens (including phenoxy) is 2. The molecule has 0 spiro atoms. The summed E-state index contributed by atoms with van der Waals surface area (Å²) < 4.78 is 52.5. The first-order chi connectivity index (χ1) is 34.5. The van der Waals surface area contributed by atoms with Crippen molar-refractivity contribution >= 4 is 84.1 Å². The molecule has 1 aliphatic carbocycles. The predicted molar refractivity (Wildman–Crippen MR) is 284 cm³/mol. The van der Waals surface area contributed by atoms with E-state index in [0.29, 0.717) is 24.9 Å². The average Bonchev–Trinajstić information content (AvgIpc) is 3.92. The van der Waals surface area contributed by atoms with Crippen molar-refractivity contribution < 1.29 is 46.7 Å². The van der Waals surface area contributed by atoms with Gasteiger partial charge < -0.3 is 19.3 Å². The van der Waals surface area contributed by atoms with Crippen LogP contribution in [0.5, 0.6) is 0 Å². The van der Waals surface area contributed by atoms with Crippen molar-refractivity contribution in [3.05, 3.63) is 168 Å². The Bertz CT molecular complexity index is 3290. The third-order valence-corrected chi connectivity index (χ3v) is 15.6. The highest BCUT2D eigenvalue weighted by Crippen LogP contribution is 2.52. The summed E-state index contributed by atoms with van der Waals surface area (Å²) in [6, 6.07) is 39.5. The minimum absolute atomic E-state index is 0.0932. The van der Waals surface area contributed by atoms with Crippen LogP contribution in [-0.4, -0.2) is 68.2 Å². The maximum Gasteiger partial charge on any atom is 0.302 e. The molecule has 1 atom stereocenters. The largest absolute Gasteiger partial charge is 0.464 e. The number of fused-ring (bicyclic) bond motifs is 6. The maximum absolute atomic E-state index is 12.2. The quantitative estimate of drug-likeness (QED) is 0.0251. The van der Waals surface area contributed by atoms with Gasteiger partial charge in [-0.25, -0.2) is 5.26 Å². The van der Waals surface area contributed by atoms with E-state index in [-0.39, 0.29) is 36.1 Å². The van der Waals surface area contributed by atoms with E-state index in [2.05, 4.69) is 132 Å². The first kappa shape index (κ1) is 50.4. The third kappa shape index (κ3) is 9.84. The predicted octanol–water partition coefficient (Wildman–Crippen LogP) is 12.0. The minimum Gasteiger partial charge on any atom is -0.464 e. The van der Waals surface area contributed by atoms with E-state index in [1.807, 2.05) is 36.4 Å². The minimum atomic E-state index is -4.42. The summed E-state index contributed by atoms with van der Waals surface area (Å²) in [7, 11) is -4.42. The maximum atomic E-state index is 12.2. The summed E-state index contributed by atoms with van der Waals surface area (Å²) >= 11 is 0.914. The van der Waals surface area contributed by atoms with Crippen molar-refractivity contribution in [3.8, 4) is 0 Å². The van der Waals surface area contributed by atoms with Crippen LogP contribution >= 0.6 is 12.0 Å². The van der Waals surface area contributed by atoms with Gasteiger partial charge >= 0.3 is 11.9 Å². The lowest BCUT2D eigenvalue weighted by Gasteiger charge is -2.34. The second-order valence-corrected chi connectivity index (χ2v) is 21.5. The van der Waals surface area contributed by atoms with E-state index < -0.39 is 20.9 Å². The standard InChI is InChI=1S/C57H57N3O10S2/c1-37(61)67-33-31-58-49-27-19-41-35-45(71-70-69-63)23-25-47(41)53(49)56(3,4)51(58)29-21-39-17-18-40(55(39)60(43-13-9-7-10-14-43)44-15-11-8-12-16-44)22-30-52-57(5,6)54-48-26-24-46(72(64,65)66)36-42(48)20-28-50(54)59(52)32-34-68-38(2)62/h7-16,19-29,35-36,52H,17-18,30-34H2,1-6H3,(H-,63,64,65,66)/p+1. The van der Waals surface area contributed by atoms with E-state index >= 15 is 0 Å². The Labute approximate surface area is 424 Å². The number of para-hydroxylation sites is 2. The molecule has 0 aromatic heterocycles. The fraction of sp³-hybridized carbons (Fsp3) is 0.281. The number of carbonyl (C=O) groups is 2. The Morgan fingerprint density at radius 2 is 1.33 bits per heavy atom. The molecule has 0 bridgehead atoms. The molecule has 2 N–H and O–H groups in total. The Hall–Kier alpha value is -6.59. The second-order valence-electron chi connectivity index (χ2n) is 19.3. The first-order valence-electron chi connectivity index (χ1n) is 23.9. The summed E-state index contributed by atoms with van der Waals surface area (Å²) in [6.07, 6.45) is 9.02. The second kappa shape index (κ2) is 20.5. The molecule has 72 heavy (non-hydrogen) atoms. The number of hydrogen-bond acceptors (Lipinski definition) is 12. The van der Waals surface area contributed by atoms with Crippen LogP contribution in [0.25, 0.3) is 21.5 Å². The van der Waals surface area contributed by atoms with E-state index in [1.54, 1.807) is 6.07 Å². The summed E-state index contributed by atoms with van der Waals surface area (Å²) in [5.41, 5.74) is 9.72. The average molecular weight is 1010 g/mol. The van der Waals surface area contributed by atoms with Gasteiger partial charge in [-0.2, -0.15) is 13.0 Å². The van der Waals surface area contributed by atoms with Crippen LogP contribution in [0.1, 0.15) is 71.9 Å². The van der Waals surface area contributed by atoms with Gasteiger partial charge in [0.15, 0.2) is 0 Å². The molecule has 6 aromatic rings. The number of carbonyl (C=O) groups excluding carboxylic acids is 2. The molecule has 0 amide bonds. The number of rotatable bonds is 15. The normalized spacial score (nSPS) is 18.6. The molecule has 0 saturated heterocycles. The van der Waals surface area contributed by atoms with Gasteiger partial charge in [-0.3, -0.25) is 14.1 Å². The van der Waals surface area contributed by atoms with Crippen LogP contribution in [0, 0.1) is 0 Å². The molecule has 9 rings (SSSR count). The van der Waals surface area contributed by atoms with Crippen molar-refractivity contribution in [2.24, 2.45) is 0 Å². The Balaban J connectivity index is 1.18. The summed E-state index contributed by atoms with van der Waals surface area (Å²) in [5, 5.41) is 16.3. The van der Waals surface area contributed by atoms with E-state index in [0.717, 1.165) is 96.8 Å². The molecule has 2 aliphatic heterocycles. The van der Waals surface area contributed by atoms with Gasteiger partial charge in [0.2, 0.25) is 17.1 Å². The van der Waals surface area contributed by atoms with Crippen molar-refractivity contribution in [1.82, 2.24) is 4.58 Å². The van der Waals surface area contributed by atoms with Crippen molar-refractivity contribution in [3.63, 3.8) is 0 Å². The number of nitrogens with zero attached hydrogens (tertiary/aromatic N) is 3. The summed E-state index contributed by atoms with van der Waals surface area (Å²) in [5.74, 6) is -0.698. The van der Waals surface area contributed by atoms with Gasteiger partial charge in [-0.05, 0) is 94.4 Å². The van der Waals surface area contributed by atoms with Gasteiger partial charge in [0.25, 0.3) is 10.1 Å². The summed E-state index contributed by atoms with van der Waals surface area (Å²) in [6.45, 7) is 13.0.